The van der Waals surface area contributed by atoms with E-state index in [1.807, 2.05) is 32.2 Å². The number of carbonyl (C=O) groups excluding carboxylic acids is 1. The molecule has 1 aliphatic rings. The molecule has 1 heterocycles. The van der Waals surface area contributed by atoms with Crippen LogP contribution in [0.3, 0.4) is 0 Å². The number of carbonyl (C=O) groups is 1. The van der Waals surface area contributed by atoms with Gasteiger partial charge in [0.25, 0.3) is 0 Å². The Kier molecular flexibility index (Phi) is 8.39. The molecule has 1 saturated heterocycles. The molecule has 0 radical (unpaired) electrons. The number of anilines is 1. The first kappa shape index (κ1) is 19.4. The second-order valence-corrected chi connectivity index (χ2v) is 6.67. The molecule has 1 aromatic carbocycles. The lowest BCUT2D eigenvalue weighted by Gasteiger charge is -2.26. The number of likely N-dealkylation sites (N-methyl/N-ethyl adjacent to an activating group) is 1. The van der Waals surface area contributed by atoms with E-state index in [9.17, 15) is 4.79 Å². The number of amides is 1. The summed E-state index contributed by atoms with van der Waals surface area (Å²) in [5, 5.41) is 6.41. The van der Waals surface area contributed by atoms with Gasteiger partial charge in [0.15, 0.2) is 0 Å². The number of rotatable bonds is 4. The number of nitrogens with one attached hydrogen (secondary N) is 2. The molecule has 6 heteroatoms. The lowest BCUT2D eigenvalue weighted by molar-refractivity contribution is -0.117. The van der Waals surface area contributed by atoms with Crippen LogP contribution in [0.25, 0.3) is 0 Å². The van der Waals surface area contributed by atoms with Crippen LogP contribution in [0.1, 0.15) is 24.8 Å². The van der Waals surface area contributed by atoms with Gasteiger partial charge in [0, 0.05) is 16.2 Å². The van der Waals surface area contributed by atoms with Crippen LogP contribution in [0, 0.1) is 6.92 Å². The van der Waals surface area contributed by atoms with E-state index in [1.165, 1.54) is 6.42 Å². The molecule has 1 aliphatic heterocycles. The fourth-order valence-corrected chi connectivity index (χ4v) is 3.23. The van der Waals surface area contributed by atoms with Crippen molar-refractivity contribution in [2.75, 3.05) is 32.0 Å². The highest BCUT2D eigenvalue weighted by molar-refractivity contribution is 9.10. The van der Waals surface area contributed by atoms with E-state index in [0.717, 1.165) is 41.7 Å². The molecular formula is C16H25BrClN3O. The molecule has 1 fully saturated rings. The zero-order chi connectivity index (χ0) is 15.2. The van der Waals surface area contributed by atoms with E-state index in [4.69, 9.17) is 0 Å². The predicted molar refractivity (Wildman–Crippen MR) is 97.9 cm³/mol. The molecule has 1 unspecified atom stereocenters. The molecule has 4 nitrogen and oxygen atoms in total. The van der Waals surface area contributed by atoms with Crippen LogP contribution in [-0.2, 0) is 4.79 Å². The summed E-state index contributed by atoms with van der Waals surface area (Å²) in [4.78, 5) is 14.4. The van der Waals surface area contributed by atoms with Crippen LogP contribution in [0.15, 0.2) is 22.7 Å². The maximum atomic E-state index is 12.2. The van der Waals surface area contributed by atoms with Gasteiger partial charge in [-0.25, -0.2) is 0 Å². The highest BCUT2D eigenvalue weighted by Gasteiger charge is 2.19. The zero-order valence-electron chi connectivity index (χ0n) is 13.2. The van der Waals surface area contributed by atoms with E-state index in [0.29, 0.717) is 12.6 Å². The minimum Gasteiger partial charge on any atom is -0.325 e. The Hall–Kier alpha value is -0.620. The first-order valence-electron chi connectivity index (χ1n) is 7.53. The molecule has 1 amide bonds. The van der Waals surface area contributed by atoms with Gasteiger partial charge >= 0.3 is 0 Å². The molecule has 1 aromatic rings. The Morgan fingerprint density at radius 1 is 1.41 bits per heavy atom. The summed E-state index contributed by atoms with van der Waals surface area (Å²) in [6.07, 6.45) is 3.46. The molecule has 0 bridgehead atoms. The van der Waals surface area contributed by atoms with Crippen LogP contribution in [-0.4, -0.2) is 43.5 Å². The van der Waals surface area contributed by atoms with E-state index < -0.39 is 0 Å². The molecular weight excluding hydrogens is 366 g/mol. The van der Waals surface area contributed by atoms with Crippen LogP contribution in [0.2, 0.25) is 0 Å². The number of nitrogens with zero attached hydrogens (tertiary/aromatic N) is 1. The van der Waals surface area contributed by atoms with Crippen molar-refractivity contribution in [2.24, 2.45) is 0 Å². The fourth-order valence-electron chi connectivity index (χ4n) is 2.75. The maximum absolute atomic E-state index is 12.2. The third kappa shape index (κ3) is 5.88. The van der Waals surface area contributed by atoms with Crippen molar-refractivity contribution in [2.45, 2.75) is 32.2 Å². The molecule has 1 atom stereocenters. The van der Waals surface area contributed by atoms with Gasteiger partial charge < -0.3 is 10.6 Å². The first-order chi connectivity index (χ1) is 10.1. The SMILES string of the molecule is Cc1cc(Br)ccc1NC(=O)CN(C)C1CCCNCC1.Cl. The van der Waals surface area contributed by atoms with E-state index in [-0.39, 0.29) is 18.3 Å². The topological polar surface area (TPSA) is 44.4 Å². The number of aryl methyl sites for hydroxylation is 1. The van der Waals surface area contributed by atoms with Gasteiger partial charge in [-0.1, -0.05) is 15.9 Å². The maximum Gasteiger partial charge on any atom is 0.238 e. The van der Waals surface area contributed by atoms with Crippen molar-refractivity contribution >= 4 is 39.9 Å². The quantitative estimate of drug-likeness (QED) is 0.830. The van der Waals surface area contributed by atoms with Crippen molar-refractivity contribution < 1.29 is 4.79 Å². The molecule has 0 spiro atoms. The number of benzene rings is 1. The minimum absolute atomic E-state index is 0. The number of halogens is 2. The molecule has 0 saturated carbocycles. The van der Waals surface area contributed by atoms with E-state index in [1.54, 1.807) is 0 Å². The summed E-state index contributed by atoms with van der Waals surface area (Å²) in [5.74, 6) is 0.0557. The van der Waals surface area contributed by atoms with Gasteiger partial charge in [0.1, 0.15) is 0 Å². The van der Waals surface area contributed by atoms with Crippen molar-refractivity contribution in [1.29, 1.82) is 0 Å². The molecule has 2 rings (SSSR count). The molecule has 0 aromatic heterocycles. The Morgan fingerprint density at radius 3 is 2.91 bits per heavy atom. The molecule has 0 aliphatic carbocycles. The standard InChI is InChI=1S/C16H24BrN3O.ClH/c1-12-10-13(17)5-6-15(12)19-16(21)11-20(2)14-4-3-8-18-9-7-14;/h5-6,10,14,18H,3-4,7-9,11H2,1-2H3,(H,19,21);1H. The van der Waals surface area contributed by atoms with Gasteiger partial charge in [0.2, 0.25) is 5.91 Å². The second kappa shape index (κ2) is 9.50. The Balaban J connectivity index is 0.00000242. The summed E-state index contributed by atoms with van der Waals surface area (Å²) in [6, 6.07) is 6.39. The second-order valence-electron chi connectivity index (χ2n) is 5.76. The largest absolute Gasteiger partial charge is 0.325 e. The lowest BCUT2D eigenvalue weighted by Crippen LogP contribution is -2.38. The van der Waals surface area contributed by atoms with Crippen LogP contribution < -0.4 is 10.6 Å². The zero-order valence-corrected chi connectivity index (χ0v) is 15.6. The van der Waals surface area contributed by atoms with Crippen molar-refractivity contribution in [3.63, 3.8) is 0 Å². The molecule has 2 N–H and O–H groups in total. The minimum atomic E-state index is 0. The molecule has 124 valence electrons. The summed E-state index contributed by atoms with van der Waals surface area (Å²) >= 11 is 3.44. The monoisotopic (exact) mass is 389 g/mol. The summed E-state index contributed by atoms with van der Waals surface area (Å²) < 4.78 is 1.03. The highest BCUT2D eigenvalue weighted by Crippen LogP contribution is 2.20. The van der Waals surface area contributed by atoms with Crippen molar-refractivity contribution in [1.82, 2.24) is 10.2 Å². The molecule has 22 heavy (non-hydrogen) atoms. The van der Waals surface area contributed by atoms with Crippen LogP contribution in [0.4, 0.5) is 5.69 Å². The van der Waals surface area contributed by atoms with Crippen molar-refractivity contribution in [3.05, 3.63) is 28.2 Å². The van der Waals surface area contributed by atoms with Gasteiger partial charge in [-0.3, -0.25) is 9.69 Å². The third-order valence-corrected chi connectivity index (χ3v) is 4.52. The fraction of sp³-hybridized carbons (Fsp3) is 0.562. The van der Waals surface area contributed by atoms with Gasteiger partial charge in [0.05, 0.1) is 6.54 Å². The number of hydrogen-bond acceptors (Lipinski definition) is 3. The van der Waals surface area contributed by atoms with Crippen molar-refractivity contribution in [3.8, 4) is 0 Å². The Morgan fingerprint density at radius 2 is 2.18 bits per heavy atom. The van der Waals surface area contributed by atoms with Gasteiger partial charge in [-0.05, 0) is 70.1 Å². The summed E-state index contributed by atoms with van der Waals surface area (Å²) in [7, 11) is 2.05. The van der Waals surface area contributed by atoms with E-state index >= 15 is 0 Å². The van der Waals surface area contributed by atoms with Crippen LogP contribution >= 0.6 is 28.3 Å². The normalized spacial score (nSPS) is 18.5. The number of hydrogen-bond donors (Lipinski definition) is 2. The summed E-state index contributed by atoms with van der Waals surface area (Å²) in [6.45, 7) is 4.58. The average Bonchev–Trinajstić information content (AvgIpc) is 2.71. The third-order valence-electron chi connectivity index (χ3n) is 4.02. The van der Waals surface area contributed by atoms with Crippen LogP contribution in [0.5, 0.6) is 0 Å². The Labute approximate surface area is 147 Å². The van der Waals surface area contributed by atoms with Gasteiger partial charge in [-0.15, -0.1) is 12.4 Å². The van der Waals surface area contributed by atoms with E-state index in [2.05, 4.69) is 31.5 Å². The predicted octanol–water partition coefficient (Wildman–Crippen LogP) is 3.19. The van der Waals surface area contributed by atoms with Gasteiger partial charge in [-0.2, -0.15) is 0 Å². The lowest BCUT2D eigenvalue weighted by atomic mass is 10.1. The smallest absolute Gasteiger partial charge is 0.238 e. The highest BCUT2D eigenvalue weighted by atomic mass is 79.9. The summed E-state index contributed by atoms with van der Waals surface area (Å²) in [5.41, 5.74) is 1.96. The Bertz CT molecular complexity index is 490. The first-order valence-corrected chi connectivity index (χ1v) is 8.32. The average molecular weight is 391 g/mol.